The van der Waals surface area contributed by atoms with E-state index in [1.165, 1.54) is 5.56 Å². The molecule has 0 spiro atoms. The molecule has 118 valence electrons. The highest BCUT2D eigenvalue weighted by atomic mass is 16.5. The third-order valence-electron chi connectivity index (χ3n) is 4.24. The highest BCUT2D eigenvalue weighted by molar-refractivity contribution is 5.31. The summed E-state index contributed by atoms with van der Waals surface area (Å²) in [4.78, 5) is 4.35. The quantitative estimate of drug-likeness (QED) is 0.938. The monoisotopic (exact) mass is 301 g/mol. The van der Waals surface area contributed by atoms with Gasteiger partial charge in [-0.05, 0) is 42.4 Å². The van der Waals surface area contributed by atoms with E-state index in [9.17, 15) is 0 Å². The predicted molar refractivity (Wildman–Crippen MR) is 83.5 cm³/mol. The number of benzene rings is 1. The van der Waals surface area contributed by atoms with E-state index < -0.39 is 5.54 Å². The normalized spacial score (nSPS) is 17.1. The summed E-state index contributed by atoms with van der Waals surface area (Å²) in [6.07, 6.45) is 2.96. The van der Waals surface area contributed by atoms with Crippen molar-refractivity contribution < 1.29 is 9.26 Å². The summed E-state index contributed by atoms with van der Waals surface area (Å²) in [5, 5.41) is 3.98. The first-order valence-corrected chi connectivity index (χ1v) is 7.72. The molecule has 22 heavy (non-hydrogen) atoms. The molecule has 5 heteroatoms. The first-order valence-electron chi connectivity index (χ1n) is 7.72. The van der Waals surface area contributed by atoms with E-state index in [2.05, 4.69) is 43.0 Å². The number of nitrogens with zero attached hydrogens (tertiary/aromatic N) is 2. The molecule has 1 aliphatic rings. The average Bonchev–Trinajstić information content (AvgIpc) is 2.91. The van der Waals surface area contributed by atoms with Crippen molar-refractivity contribution in [2.24, 2.45) is 5.73 Å². The number of nitrogens with two attached hydrogens (primary N) is 1. The van der Waals surface area contributed by atoms with Crippen LogP contribution in [-0.2, 0) is 17.6 Å². The minimum Gasteiger partial charge on any atom is -0.484 e. The third-order valence-corrected chi connectivity index (χ3v) is 4.24. The lowest BCUT2D eigenvalue weighted by atomic mass is 9.77. The molecular formula is C17H23N3O2. The molecule has 1 heterocycles. The van der Waals surface area contributed by atoms with Crippen molar-refractivity contribution in [3.05, 3.63) is 41.5 Å². The standard InChI is InChI=1S/C17H23N3O2/c1-16(2,3)12-5-7-13(8-6-12)21-11-14-19-15(20-22-14)17(18)9-4-10-17/h5-8H,4,9-11,18H2,1-3H3. The van der Waals surface area contributed by atoms with Gasteiger partial charge in [-0.2, -0.15) is 4.98 Å². The van der Waals surface area contributed by atoms with Crippen LogP contribution < -0.4 is 10.5 Å². The molecule has 0 unspecified atom stereocenters. The van der Waals surface area contributed by atoms with Crippen LogP contribution in [0.15, 0.2) is 28.8 Å². The Morgan fingerprint density at radius 2 is 1.91 bits per heavy atom. The topological polar surface area (TPSA) is 74.2 Å². The van der Waals surface area contributed by atoms with Crippen LogP contribution in [0.1, 0.15) is 57.3 Å². The number of rotatable bonds is 4. The van der Waals surface area contributed by atoms with Crippen molar-refractivity contribution in [2.45, 2.75) is 57.6 Å². The van der Waals surface area contributed by atoms with Gasteiger partial charge in [-0.3, -0.25) is 0 Å². The highest BCUT2D eigenvalue weighted by Crippen LogP contribution is 2.36. The molecule has 1 saturated carbocycles. The summed E-state index contributed by atoms with van der Waals surface area (Å²) in [6.45, 7) is 6.82. The zero-order valence-corrected chi connectivity index (χ0v) is 13.4. The summed E-state index contributed by atoms with van der Waals surface area (Å²) in [6, 6.07) is 8.10. The van der Waals surface area contributed by atoms with Gasteiger partial charge in [0, 0.05) is 0 Å². The summed E-state index contributed by atoms with van der Waals surface area (Å²) in [5.74, 6) is 1.85. The van der Waals surface area contributed by atoms with Crippen molar-refractivity contribution in [1.82, 2.24) is 10.1 Å². The number of hydrogen-bond acceptors (Lipinski definition) is 5. The number of hydrogen-bond donors (Lipinski definition) is 1. The SMILES string of the molecule is CC(C)(C)c1ccc(OCc2nc(C3(N)CCC3)no2)cc1. The van der Waals surface area contributed by atoms with E-state index in [1.54, 1.807) is 0 Å². The number of aromatic nitrogens is 2. The summed E-state index contributed by atoms with van der Waals surface area (Å²) in [5.41, 5.74) is 7.19. The van der Waals surface area contributed by atoms with Gasteiger partial charge in [0.05, 0.1) is 5.54 Å². The number of ether oxygens (including phenoxy) is 1. The molecule has 0 saturated heterocycles. The molecule has 1 fully saturated rings. The van der Waals surface area contributed by atoms with Gasteiger partial charge in [-0.1, -0.05) is 38.1 Å². The molecule has 0 radical (unpaired) electrons. The fourth-order valence-electron chi connectivity index (χ4n) is 2.49. The van der Waals surface area contributed by atoms with Crippen LogP contribution in [0.2, 0.25) is 0 Å². The molecule has 2 N–H and O–H groups in total. The largest absolute Gasteiger partial charge is 0.484 e. The average molecular weight is 301 g/mol. The Hall–Kier alpha value is -1.88. The van der Waals surface area contributed by atoms with Gasteiger partial charge in [-0.25, -0.2) is 0 Å². The Labute approximate surface area is 130 Å². The zero-order valence-electron chi connectivity index (χ0n) is 13.4. The van der Waals surface area contributed by atoms with Gasteiger partial charge < -0.3 is 15.0 Å². The van der Waals surface area contributed by atoms with Crippen molar-refractivity contribution in [3.8, 4) is 5.75 Å². The van der Waals surface area contributed by atoms with Gasteiger partial charge >= 0.3 is 0 Å². The second kappa shape index (κ2) is 5.39. The Morgan fingerprint density at radius 1 is 1.23 bits per heavy atom. The van der Waals surface area contributed by atoms with Gasteiger partial charge in [0.15, 0.2) is 12.4 Å². The Balaban J connectivity index is 1.61. The maximum absolute atomic E-state index is 6.18. The molecule has 1 aromatic heterocycles. The molecule has 1 aromatic carbocycles. The van der Waals surface area contributed by atoms with E-state index in [1.807, 2.05) is 12.1 Å². The maximum atomic E-state index is 6.18. The first-order chi connectivity index (χ1) is 10.4. The van der Waals surface area contributed by atoms with E-state index >= 15 is 0 Å². The van der Waals surface area contributed by atoms with Crippen molar-refractivity contribution in [1.29, 1.82) is 0 Å². The van der Waals surface area contributed by atoms with Gasteiger partial charge in [0.2, 0.25) is 0 Å². The van der Waals surface area contributed by atoms with Crippen LogP contribution in [0, 0.1) is 0 Å². The molecule has 5 nitrogen and oxygen atoms in total. The fraction of sp³-hybridized carbons (Fsp3) is 0.529. The molecule has 0 bridgehead atoms. The minimum atomic E-state index is -0.393. The van der Waals surface area contributed by atoms with Crippen LogP contribution in [-0.4, -0.2) is 10.1 Å². The first kappa shape index (κ1) is 15.0. The van der Waals surface area contributed by atoms with E-state index in [0.717, 1.165) is 25.0 Å². The lowest BCUT2D eigenvalue weighted by Gasteiger charge is -2.34. The Morgan fingerprint density at radius 3 is 2.45 bits per heavy atom. The molecule has 1 aliphatic carbocycles. The maximum Gasteiger partial charge on any atom is 0.264 e. The molecule has 0 aliphatic heterocycles. The van der Waals surface area contributed by atoms with Crippen LogP contribution in [0.25, 0.3) is 0 Å². The predicted octanol–water partition coefficient (Wildman–Crippen LogP) is 3.28. The lowest BCUT2D eigenvalue weighted by Crippen LogP contribution is -2.44. The second-order valence-electron chi connectivity index (χ2n) is 7.08. The Bertz CT molecular complexity index is 637. The van der Waals surface area contributed by atoms with Crippen molar-refractivity contribution in [2.75, 3.05) is 0 Å². The highest BCUT2D eigenvalue weighted by Gasteiger charge is 2.38. The molecule has 0 atom stereocenters. The summed E-state index contributed by atoms with van der Waals surface area (Å²) >= 11 is 0. The second-order valence-corrected chi connectivity index (χ2v) is 7.08. The fourth-order valence-corrected chi connectivity index (χ4v) is 2.49. The van der Waals surface area contributed by atoms with Gasteiger partial charge in [0.25, 0.3) is 5.89 Å². The smallest absolute Gasteiger partial charge is 0.264 e. The lowest BCUT2D eigenvalue weighted by molar-refractivity contribution is 0.223. The van der Waals surface area contributed by atoms with Gasteiger partial charge in [0.1, 0.15) is 5.75 Å². The van der Waals surface area contributed by atoms with Crippen LogP contribution in [0.3, 0.4) is 0 Å². The van der Waals surface area contributed by atoms with Crippen LogP contribution in [0.5, 0.6) is 5.75 Å². The molecule has 2 aromatic rings. The third kappa shape index (κ3) is 2.99. The zero-order chi connectivity index (χ0) is 15.8. The van der Waals surface area contributed by atoms with E-state index in [0.29, 0.717) is 11.7 Å². The molecular weight excluding hydrogens is 278 g/mol. The van der Waals surface area contributed by atoms with E-state index in [-0.39, 0.29) is 12.0 Å². The van der Waals surface area contributed by atoms with Crippen LogP contribution in [0.4, 0.5) is 0 Å². The molecule has 3 rings (SSSR count). The van der Waals surface area contributed by atoms with Crippen molar-refractivity contribution in [3.63, 3.8) is 0 Å². The molecule has 0 amide bonds. The van der Waals surface area contributed by atoms with Gasteiger partial charge in [-0.15, -0.1) is 0 Å². The Kier molecular flexibility index (Phi) is 3.68. The van der Waals surface area contributed by atoms with Crippen LogP contribution >= 0.6 is 0 Å². The minimum absolute atomic E-state index is 0.137. The summed E-state index contributed by atoms with van der Waals surface area (Å²) < 4.78 is 10.9. The van der Waals surface area contributed by atoms with E-state index in [4.69, 9.17) is 15.0 Å². The summed E-state index contributed by atoms with van der Waals surface area (Å²) in [7, 11) is 0. The van der Waals surface area contributed by atoms with Crippen molar-refractivity contribution >= 4 is 0 Å².